The van der Waals surface area contributed by atoms with Gasteiger partial charge in [0, 0.05) is 4.83 Å². The first-order valence-corrected chi connectivity index (χ1v) is 5.18. The molecule has 0 aliphatic heterocycles. The third-order valence-corrected chi connectivity index (χ3v) is 2.45. The zero-order valence-electron chi connectivity index (χ0n) is 6.70. The van der Waals surface area contributed by atoms with E-state index < -0.39 is 0 Å². The van der Waals surface area contributed by atoms with Crippen LogP contribution in [-0.4, -0.2) is 4.83 Å². The minimum Gasteiger partial charge on any atom is -0.0893 e. The molecule has 0 heterocycles. The van der Waals surface area contributed by atoms with E-state index >= 15 is 0 Å². The maximum absolute atomic E-state index is 3.59. The monoisotopic (exact) mass is 203 g/mol. The first kappa shape index (κ1) is 8.58. The van der Waals surface area contributed by atoms with Gasteiger partial charge in [0.1, 0.15) is 0 Å². The van der Waals surface area contributed by atoms with Gasteiger partial charge in [-0.15, -0.1) is 0 Å². The Kier molecular flexibility index (Phi) is 3.75. The van der Waals surface area contributed by atoms with Crippen molar-refractivity contribution in [1.29, 1.82) is 0 Å². The van der Waals surface area contributed by atoms with Gasteiger partial charge in [0.25, 0.3) is 0 Å². The molecule has 0 amide bonds. The second-order valence-corrected chi connectivity index (χ2v) is 4.86. The average molecular weight is 204 g/mol. The van der Waals surface area contributed by atoms with Crippen LogP contribution in [0.2, 0.25) is 0 Å². The molecule has 1 aliphatic rings. The topological polar surface area (TPSA) is 0 Å². The number of hydrogen-bond donors (Lipinski definition) is 0. The van der Waals surface area contributed by atoms with E-state index in [0.717, 1.165) is 0 Å². The molecule has 1 radical (unpaired) electrons. The van der Waals surface area contributed by atoms with E-state index in [1.54, 1.807) is 5.92 Å². The van der Waals surface area contributed by atoms with Crippen LogP contribution in [0.5, 0.6) is 0 Å². The third kappa shape index (κ3) is 3.05. The number of rotatable bonds is 2. The molecule has 1 unspecified atom stereocenters. The molecule has 0 N–H and O–H groups in total. The van der Waals surface area contributed by atoms with Gasteiger partial charge in [-0.1, -0.05) is 42.1 Å². The molecule has 1 atom stereocenters. The lowest BCUT2D eigenvalue weighted by Crippen LogP contribution is -2.07. The molecule has 0 aromatic carbocycles. The summed E-state index contributed by atoms with van der Waals surface area (Å²) >= 11 is 3.59. The summed E-state index contributed by atoms with van der Waals surface area (Å²) in [5.74, 6) is 1.79. The van der Waals surface area contributed by atoms with Gasteiger partial charge in [0.15, 0.2) is 0 Å². The van der Waals surface area contributed by atoms with Crippen molar-refractivity contribution < 1.29 is 0 Å². The van der Waals surface area contributed by atoms with Gasteiger partial charge in [-0.3, -0.25) is 0 Å². The van der Waals surface area contributed by atoms with Crippen LogP contribution in [-0.2, 0) is 0 Å². The predicted molar refractivity (Wildman–Crippen MR) is 49.3 cm³/mol. The summed E-state index contributed by atoms with van der Waals surface area (Å²) in [6, 6.07) is 0. The Hall–Kier alpha value is 0.480. The van der Waals surface area contributed by atoms with Crippen molar-refractivity contribution in [2.24, 2.45) is 0 Å². The Morgan fingerprint density at radius 3 is 2.40 bits per heavy atom. The lowest BCUT2D eigenvalue weighted by Gasteiger charge is -2.21. The Balaban J connectivity index is 2.13. The Morgan fingerprint density at radius 2 is 1.90 bits per heavy atom. The fourth-order valence-electron chi connectivity index (χ4n) is 1.65. The second-order valence-electron chi connectivity index (χ2n) is 3.30. The fraction of sp³-hybridized carbons (Fsp3) is 0.889. The SMILES string of the molecule is CC(Br)C[C]1CCCCC1. The Morgan fingerprint density at radius 1 is 1.30 bits per heavy atom. The van der Waals surface area contributed by atoms with Crippen molar-refractivity contribution in [2.75, 3.05) is 0 Å². The normalized spacial score (nSPS) is 24.6. The molecule has 0 saturated heterocycles. The zero-order valence-corrected chi connectivity index (χ0v) is 8.28. The maximum Gasteiger partial charge on any atom is 0.0123 e. The minimum absolute atomic E-state index is 0.695. The summed E-state index contributed by atoms with van der Waals surface area (Å²) in [5.41, 5.74) is 0. The first-order valence-electron chi connectivity index (χ1n) is 4.26. The van der Waals surface area contributed by atoms with Crippen molar-refractivity contribution in [3.8, 4) is 0 Å². The van der Waals surface area contributed by atoms with Crippen LogP contribution in [0, 0.1) is 5.92 Å². The van der Waals surface area contributed by atoms with Gasteiger partial charge in [-0.05, 0) is 25.2 Å². The predicted octanol–water partition coefficient (Wildman–Crippen LogP) is 3.70. The number of alkyl halides is 1. The quantitative estimate of drug-likeness (QED) is 0.601. The highest BCUT2D eigenvalue weighted by molar-refractivity contribution is 9.09. The van der Waals surface area contributed by atoms with Crippen LogP contribution >= 0.6 is 15.9 Å². The summed E-state index contributed by atoms with van der Waals surface area (Å²) in [6.45, 7) is 2.24. The number of hydrogen-bond acceptors (Lipinski definition) is 0. The van der Waals surface area contributed by atoms with Crippen LogP contribution in [0.25, 0.3) is 0 Å². The summed E-state index contributed by atoms with van der Waals surface area (Å²) in [7, 11) is 0. The molecule has 1 fully saturated rings. The van der Waals surface area contributed by atoms with Gasteiger partial charge in [0.2, 0.25) is 0 Å². The summed E-state index contributed by atoms with van der Waals surface area (Å²) in [6.07, 6.45) is 8.44. The van der Waals surface area contributed by atoms with Gasteiger partial charge < -0.3 is 0 Å². The molecular formula is C9H16Br. The van der Waals surface area contributed by atoms with Crippen LogP contribution in [0.3, 0.4) is 0 Å². The van der Waals surface area contributed by atoms with E-state index in [1.807, 2.05) is 0 Å². The lowest BCUT2D eigenvalue weighted by molar-refractivity contribution is 0.506. The third-order valence-electron chi connectivity index (χ3n) is 2.13. The highest BCUT2D eigenvalue weighted by atomic mass is 79.9. The average Bonchev–Trinajstić information content (AvgIpc) is 1.88. The molecule has 59 valence electrons. The smallest absolute Gasteiger partial charge is 0.0123 e. The van der Waals surface area contributed by atoms with E-state index in [4.69, 9.17) is 0 Å². The molecule has 0 spiro atoms. The van der Waals surface area contributed by atoms with E-state index in [1.165, 1.54) is 38.5 Å². The molecule has 0 aromatic heterocycles. The van der Waals surface area contributed by atoms with Crippen molar-refractivity contribution in [3.63, 3.8) is 0 Å². The fourth-order valence-corrected chi connectivity index (χ4v) is 2.11. The van der Waals surface area contributed by atoms with E-state index in [0.29, 0.717) is 4.83 Å². The molecular weight excluding hydrogens is 188 g/mol. The first-order chi connectivity index (χ1) is 4.79. The molecule has 0 nitrogen and oxygen atoms in total. The molecule has 0 aromatic rings. The molecule has 10 heavy (non-hydrogen) atoms. The summed E-state index contributed by atoms with van der Waals surface area (Å²) in [4.78, 5) is 0.695. The summed E-state index contributed by atoms with van der Waals surface area (Å²) in [5, 5.41) is 0. The van der Waals surface area contributed by atoms with Crippen molar-refractivity contribution in [1.82, 2.24) is 0 Å². The van der Waals surface area contributed by atoms with Gasteiger partial charge in [-0.25, -0.2) is 0 Å². The van der Waals surface area contributed by atoms with E-state index in [2.05, 4.69) is 22.9 Å². The van der Waals surface area contributed by atoms with Crippen LogP contribution in [0.15, 0.2) is 0 Å². The van der Waals surface area contributed by atoms with E-state index in [9.17, 15) is 0 Å². The number of halogens is 1. The molecule has 1 aliphatic carbocycles. The van der Waals surface area contributed by atoms with Crippen molar-refractivity contribution in [3.05, 3.63) is 5.92 Å². The van der Waals surface area contributed by atoms with Crippen LogP contribution in [0.1, 0.15) is 45.4 Å². The molecule has 1 saturated carbocycles. The van der Waals surface area contributed by atoms with Gasteiger partial charge in [0.05, 0.1) is 0 Å². The largest absolute Gasteiger partial charge is 0.0893 e. The summed E-state index contributed by atoms with van der Waals surface area (Å²) < 4.78 is 0. The van der Waals surface area contributed by atoms with Gasteiger partial charge in [-0.2, -0.15) is 0 Å². The van der Waals surface area contributed by atoms with Crippen LogP contribution in [0.4, 0.5) is 0 Å². The Bertz CT molecular complexity index is 82.7. The van der Waals surface area contributed by atoms with Crippen molar-refractivity contribution >= 4 is 15.9 Å². The minimum atomic E-state index is 0.695. The molecule has 0 bridgehead atoms. The van der Waals surface area contributed by atoms with Gasteiger partial charge >= 0.3 is 0 Å². The van der Waals surface area contributed by atoms with E-state index in [-0.39, 0.29) is 0 Å². The standard InChI is InChI=1S/C9H16Br/c1-8(10)7-9-5-3-2-4-6-9/h8H,2-7H2,1H3. The maximum atomic E-state index is 3.59. The zero-order chi connectivity index (χ0) is 7.40. The van der Waals surface area contributed by atoms with Crippen LogP contribution < -0.4 is 0 Å². The lowest BCUT2D eigenvalue weighted by atomic mass is 9.86. The Labute approximate surface area is 72.5 Å². The molecule has 1 rings (SSSR count). The molecule has 1 heteroatoms. The second kappa shape index (κ2) is 4.38. The highest BCUT2D eigenvalue weighted by Gasteiger charge is 2.14. The van der Waals surface area contributed by atoms with Crippen molar-refractivity contribution in [2.45, 2.75) is 50.3 Å². The highest BCUT2D eigenvalue weighted by Crippen LogP contribution is 2.30.